The minimum absolute atomic E-state index is 0.194. The second kappa shape index (κ2) is 9.03. The van der Waals surface area contributed by atoms with Gasteiger partial charge in [0.1, 0.15) is 5.82 Å². The van der Waals surface area contributed by atoms with Gasteiger partial charge in [-0.3, -0.25) is 4.79 Å². The lowest BCUT2D eigenvalue weighted by Crippen LogP contribution is -2.21. The molecule has 2 heterocycles. The molecule has 1 amide bonds. The van der Waals surface area contributed by atoms with Crippen molar-refractivity contribution in [1.82, 2.24) is 4.90 Å². The van der Waals surface area contributed by atoms with E-state index in [0.29, 0.717) is 15.8 Å². The van der Waals surface area contributed by atoms with Crippen LogP contribution >= 0.6 is 11.3 Å². The van der Waals surface area contributed by atoms with Gasteiger partial charge in [0.2, 0.25) is 0 Å². The molecule has 1 saturated heterocycles. The fourth-order valence-corrected chi connectivity index (χ4v) is 4.99. The van der Waals surface area contributed by atoms with Gasteiger partial charge in [0.15, 0.2) is 0 Å². The Labute approximate surface area is 174 Å². The molecule has 1 aromatic heterocycles. The highest BCUT2D eigenvalue weighted by Gasteiger charge is 2.21. The third-order valence-corrected chi connectivity index (χ3v) is 6.58. The maximum absolute atomic E-state index is 14.3. The topological polar surface area (TPSA) is 41.6 Å². The zero-order valence-electron chi connectivity index (χ0n) is 16.5. The number of anilines is 1. The lowest BCUT2D eigenvalue weighted by atomic mass is 10.1. The van der Waals surface area contributed by atoms with E-state index in [1.807, 2.05) is 18.2 Å². The summed E-state index contributed by atoms with van der Waals surface area (Å²) in [5.74, 6) is -0.560. The van der Waals surface area contributed by atoms with Crippen molar-refractivity contribution in [2.24, 2.45) is 0 Å². The quantitative estimate of drug-likeness (QED) is 0.589. The van der Waals surface area contributed by atoms with Crippen LogP contribution in [0.1, 0.15) is 33.6 Å². The van der Waals surface area contributed by atoms with Crippen molar-refractivity contribution in [3.63, 3.8) is 0 Å². The van der Waals surface area contributed by atoms with Gasteiger partial charge in [-0.25, -0.2) is 4.39 Å². The molecule has 0 atom stereocenters. The minimum Gasteiger partial charge on any atom is -0.380 e. The molecule has 1 fully saturated rings. The summed E-state index contributed by atoms with van der Waals surface area (Å²) in [6.07, 6.45) is 3.62. The van der Waals surface area contributed by atoms with Gasteiger partial charge >= 0.3 is 0 Å². The average Bonchev–Trinajstić information content (AvgIpc) is 3.36. The summed E-state index contributed by atoms with van der Waals surface area (Å²) in [4.78, 5) is 15.9. The molecule has 6 heteroatoms. The number of rotatable bonds is 7. The second-order valence-electron chi connectivity index (χ2n) is 7.41. The molecule has 0 bridgehead atoms. The lowest BCUT2D eigenvalue weighted by Gasteiger charge is -2.14. The van der Waals surface area contributed by atoms with Crippen LogP contribution in [0.2, 0.25) is 0 Å². The summed E-state index contributed by atoms with van der Waals surface area (Å²) in [5, 5.41) is 3.42. The number of nitrogens with one attached hydrogen (secondary N) is 1. The van der Waals surface area contributed by atoms with Gasteiger partial charge in [-0.05, 0) is 62.2 Å². The number of methoxy groups -OCH3 is 1. The highest BCUT2D eigenvalue weighted by Crippen LogP contribution is 2.34. The van der Waals surface area contributed by atoms with Gasteiger partial charge < -0.3 is 15.0 Å². The van der Waals surface area contributed by atoms with Gasteiger partial charge in [0.25, 0.3) is 5.91 Å². The Morgan fingerprint density at radius 3 is 2.66 bits per heavy atom. The van der Waals surface area contributed by atoms with Gasteiger partial charge in [-0.1, -0.05) is 18.2 Å². The maximum atomic E-state index is 14.3. The highest BCUT2D eigenvalue weighted by molar-refractivity contribution is 7.21. The Morgan fingerprint density at radius 1 is 1.17 bits per heavy atom. The Morgan fingerprint density at radius 2 is 1.93 bits per heavy atom. The van der Waals surface area contributed by atoms with Crippen LogP contribution in [-0.4, -0.2) is 37.6 Å². The van der Waals surface area contributed by atoms with E-state index in [2.05, 4.69) is 22.3 Å². The number of halogens is 1. The van der Waals surface area contributed by atoms with E-state index in [1.54, 1.807) is 13.2 Å². The molecule has 2 aromatic carbocycles. The van der Waals surface area contributed by atoms with Gasteiger partial charge in [-0.2, -0.15) is 0 Å². The van der Waals surface area contributed by atoms with Crippen molar-refractivity contribution in [3.05, 3.63) is 64.3 Å². The van der Waals surface area contributed by atoms with Crippen LogP contribution in [0, 0.1) is 5.82 Å². The Kier molecular flexibility index (Phi) is 6.23. The molecule has 0 saturated carbocycles. The van der Waals surface area contributed by atoms with Crippen molar-refractivity contribution < 1.29 is 13.9 Å². The number of benzene rings is 2. The Bertz CT molecular complexity index is 994. The van der Waals surface area contributed by atoms with Crippen molar-refractivity contribution in [3.8, 4) is 0 Å². The molecule has 3 aromatic rings. The van der Waals surface area contributed by atoms with E-state index in [-0.39, 0.29) is 18.3 Å². The summed E-state index contributed by atoms with van der Waals surface area (Å²) in [5.41, 5.74) is 2.60. The van der Waals surface area contributed by atoms with Crippen molar-refractivity contribution in [2.75, 3.05) is 32.1 Å². The van der Waals surface area contributed by atoms with Crippen molar-refractivity contribution >= 4 is 33.0 Å². The van der Waals surface area contributed by atoms with Gasteiger partial charge in [0, 0.05) is 35.0 Å². The summed E-state index contributed by atoms with van der Waals surface area (Å²) >= 11 is 1.29. The number of likely N-dealkylation sites (tertiary alicyclic amines) is 1. The van der Waals surface area contributed by atoms with Crippen LogP contribution in [0.15, 0.2) is 42.5 Å². The standard InChI is InChI=1S/C23H25FN2O2S/c1-28-15-18-21-19(24)5-4-6-20(21)29-22(18)23(27)25-17-9-7-16(8-10-17)11-14-26-12-2-3-13-26/h4-10H,2-3,11-15H2,1H3,(H,25,27). The largest absolute Gasteiger partial charge is 0.380 e. The van der Waals surface area contributed by atoms with Crippen LogP contribution in [0.4, 0.5) is 10.1 Å². The average molecular weight is 413 g/mol. The first-order chi connectivity index (χ1) is 14.2. The number of thiophene rings is 1. The van der Waals surface area contributed by atoms with Crippen LogP contribution < -0.4 is 5.32 Å². The van der Waals surface area contributed by atoms with Crippen molar-refractivity contribution in [2.45, 2.75) is 25.9 Å². The number of hydrogen-bond donors (Lipinski definition) is 1. The molecule has 152 valence electrons. The smallest absolute Gasteiger partial charge is 0.266 e. The summed E-state index contributed by atoms with van der Waals surface area (Å²) in [6.45, 7) is 3.68. The summed E-state index contributed by atoms with van der Waals surface area (Å²) in [7, 11) is 1.55. The number of hydrogen-bond acceptors (Lipinski definition) is 4. The molecule has 0 radical (unpaired) electrons. The van der Waals surface area contributed by atoms with Crippen LogP contribution in [0.5, 0.6) is 0 Å². The zero-order chi connectivity index (χ0) is 20.2. The highest BCUT2D eigenvalue weighted by atomic mass is 32.1. The van der Waals surface area contributed by atoms with Crippen LogP contribution in [0.25, 0.3) is 10.1 Å². The number of ether oxygens (including phenoxy) is 1. The molecule has 0 unspecified atom stereocenters. The molecule has 1 N–H and O–H groups in total. The summed E-state index contributed by atoms with van der Waals surface area (Å²) < 4.78 is 20.3. The molecule has 4 nitrogen and oxygen atoms in total. The molecule has 0 spiro atoms. The first-order valence-electron chi connectivity index (χ1n) is 9.97. The fraction of sp³-hybridized carbons (Fsp3) is 0.348. The zero-order valence-corrected chi connectivity index (χ0v) is 17.4. The monoisotopic (exact) mass is 412 g/mol. The summed E-state index contributed by atoms with van der Waals surface area (Å²) in [6, 6.07) is 12.9. The number of fused-ring (bicyclic) bond motifs is 1. The maximum Gasteiger partial charge on any atom is 0.266 e. The molecule has 1 aliphatic rings. The fourth-order valence-electron chi connectivity index (χ4n) is 3.87. The van der Waals surface area contributed by atoms with E-state index < -0.39 is 0 Å². The van der Waals surface area contributed by atoms with E-state index in [4.69, 9.17) is 4.74 Å². The second-order valence-corrected chi connectivity index (χ2v) is 8.46. The van der Waals surface area contributed by atoms with E-state index in [0.717, 1.165) is 23.4 Å². The third-order valence-electron chi connectivity index (χ3n) is 5.39. The molecular weight excluding hydrogens is 387 g/mol. The predicted octanol–water partition coefficient (Wildman–Crippen LogP) is 5.08. The lowest BCUT2D eigenvalue weighted by molar-refractivity contribution is 0.102. The number of nitrogens with zero attached hydrogens (tertiary/aromatic N) is 1. The van der Waals surface area contributed by atoms with Gasteiger partial charge in [0.05, 0.1) is 11.5 Å². The van der Waals surface area contributed by atoms with E-state index in [9.17, 15) is 9.18 Å². The van der Waals surface area contributed by atoms with Crippen LogP contribution in [-0.2, 0) is 17.8 Å². The van der Waals surface area contributed by atoms with E-state index >= 15 is 0 Å². The molecule has 4 rings (SSSR count). The first kappa shape index (κ1) is 20.0. The van der Waals surface area contributed by atoms with Gasteiger partial charge in [-0.15, -0.1) is 11.3 Å². The molecule has 1 aliphatic heterocycles. The first-order valence-corrected chi connectivity index (χ1v) is 10.8. The Hall–Kier alpha value is -2.28. The minimum atomic E-state index is -0.327. The normalized spacial score (nSPS) is 14.6. The van der Waals surface area contributed by atoms with Crippen LogP contribution in [0.3, 0.4) is 0 Å². The van der Waals surface area contributed by atoms with E-state index in [1.165, 1.54) is 48.9 Å². The Balaban J connectivity index is 1.47. The molecule has 29 heavy (non-hydrogen) atoms. The number of amides is 1. The number of carbonyl (C=O) groups excluding carboxylic acids is 1. The number of carbonyl (C=O) groups is 1. The predicted molar refractivity (Wildman–Crippen MR) is 116 cm³/mol. The SMILES string of the molecule is COCc1c(C(=O)Nc2ccc(CCN3CCCC3)cc2)sc2cccc(F)c12. The molecular formula is C23H25FN2O2S. The molecule has 0 aliphatic carbocycles. The third kappa shape index (κ3) is 4.50. The van der Waals surface area contributed by atoms with Crippen molar-refractivity contribution in [1.29, 1.82) is 0 Å².